The molecule has 4 aromatic rings. The maximum absolute atomic E-state index is 16.0. The predicted molar refractivity (Wildman–Crippen MR) is 257 cm³/mol. The molecule has 5 amide bonds. The topological polar surface area (TPSA) is 213 Å². The zero-order chi connectivity index (χ0) is 51.5. The number of hydrazine groups is 1. The van der Waals surface area contributed by atoms with Gasteiger partial charge in [0.05, 0.1) is 24.9 Å². The number of pyridine rings is 1. The Morgan fingerprint density at radius 3 is 2.01 bits per heavy atom. The lowest BCUT2D eigenvalue weighted by atomic mass is 9.85. The molecule has 1 saturated heterocycles. The molecular weight excluding hydrogens is 907 g/mol. The molecule has 1 fully saturated rings. The fourth-order valence-corrected chi connectivity index (χ4v) is 7.59. The lowest BCUT2D eigenvalue weighted by Gasteiger charge is -2.35. The van der Waals surface area contributed by atoms with Crippen LogP contribution >= 0.6 is 0 Å². The average molecular weight is 971 g/mol. The molecule has 0 bridgehead atoms. The van der Waals surface area contributed by atoms with E-state index >= 15 is 8.78 Å². The van der Waals surface area contributed by atoms with E-state index in [1.54, 1.807) is 103 Å². The van der Waals surface area contributed by atoms with Crippen molar-refractivity contribution in [1.82, 2.24) is 46.0 Å². The summed E-state index contributed by atoms with van der Waals surface area (Å²) in [4.78, 5) is 73.2. The molecule has 20 heteroatoms. The van der Waals surface area contributed by atoms with Crippen molar-refractivity contribution in [2.45, 2.75) is 85.7 Å². The molecule has 2 aromatic carbocycles. The first-order chi connectivity index (χ1) is 32.9. The Hall–Kier alpha value is -7.11. The lowest BCUT2D eigenvalue weighted by molar-refractivity contribution is -0.141. The molecule has 18 nitrogen and oxygen atoms in total. The first-order valence-corrected chi connectivity index (χ1v) is 22.8. The Morgan fingerprint density at radius 2 is 1.49 bits per heavy atom. The Bertz CT molecular complexity index is 2520. The normalized spacial score (nSPS) is 14.6. The molecule has 0 unspecified atom stereocenters. The van der Waals surface area contributed by atoms with Crippen LogP contribution in [0.4, 0.5) is 24.2 Å². The number of aliphatic hydroxyl groups excluding tert-OH is 1. The van der Waals surface area contributed by atoms with E-state index in [-0.39, 0.29) is 17.9 Å². The number of benzene rings is 2. The lowest BCUT2D eigenvalue weighted by Crippen LogP contribution is -2.60. The second kappa shape index (κ2) is 23.5. The first kappa shape index (κ1) is 53.8. The van der Waals surface area contributed by atoms with Gasteiger partial charge < -0.3 is 40.3 Å². The summed E-state index contributed by atoms with van der Waals surface area (Å²) in [5.74, 6) is 3.62. The number of amides is 5. The monoisotopic (exact) mass is 970 g/mol. The third-order valence-corrected chi connectivity index (χ3v) is 11.6. The van der Waals surface area contributed by atoms with Gasteiger partial charge in [0.25, 0.3) is 5.91 Å². The van der Waals surface area contributed by atoms with Crippen LogP contribution in [0.15, 0.2) is 67.0 Å². The van der Waals surface area contributed by atoms with Gasteiger partial charge in [0.15, 0.2) is 6.10 Å². The number of alkyl carbamates (subject to hydrolysis) is 2. The highest BCUT2D eigenvalue weighted by Gasteiger charge is 2.38. The van der Waals surface area contributed by atoms with Crippen LogP contribution in [0.1, 0.15) is 70.7 Å². The quantitative estimate of drug-likeness (QED) is 0.0835. The number of aryl methyl sites for hydroxylation is 1. The molecule has 70 heavy (non-hydrogen) atoms. The number of aromatic nitrogens is 3. The fourth-order valence-electron chi connectivity index (χ4n) is 7.59. The molecule has 1 aliphatic rings. The summed E-state index contributed by atoms with van der Waals surface area (Å²) in [5.41, 5.74) is 2.79. The molecule has 0 radical (unpaired) electrons. The highest BCUT2D eigenvalue weighted by Crippen LogP contribution is 2.27. The molecule has 376 valence electrons. The van der Waals surface area contributed by atoms with Crippen LogP contribution in [-0.2, 0) is 43.9 Å². The maximum atomic E-state index is 16.0. The summed E-state index contributed by atoms with van der Waals surface area (Å²) in [6, 6.07) is 12.3. The van der Waals surface area contributed by atoms with Gasteiger partial charge >= 0.3 is 12.2 Å². The Balaban J connectivity index is 1.44. The van der Waals surface area contributed by atoms with Crippen molar-refractivity contribution in [3.8, 4) is 23.1 Å². The number of nitrogens with one attached hydrogen (secondary N) is 4. The standard InChI is InChI=1S/C50H64F2N10O8/c1-31(63)60-21-23-61(24-22-60)42-18-17-34(28-54-42)16-13-32-11-14-33(15-12-32)25-40(55-45(65)43(49(2,3)4)56-48(68)69-10)41(64)30-62(58-46(66)44(50(5,6)7)70-47(67)53-8)29-36-37(51)26-35(27-38(36)52)39-19-20-59(9)57-39/h11-12,14-15,17-20,26-28,40-41,43-44,64H,21-25,29-30H2,1-10H3,(H,53,67)(H,55,65)(H,56,68)(H,58,66)/t40-,41-,43+,44+/m0/s1. The number of piperazine rings is 1. The second-order valence-corrected chi connectivity index (χ2v) is 19.2. The van der Waals surface area contributed by atoms with Crippen LogP contribution in [0.2, 0.25) is 0 Å². The fraction of sp³-hybridized carbons (Fsp3) is 0.460. The smallest absolute Gasteiger partial charge is 0.407 e. The number of anilines is 1. The molecule has 2 aromatic heterocycles. The van der Waals surface area contributed by atoms with Crippen molar-refractivity contribution >= 4 is 35.7 Å². The van der Waals surface area contributed by atoms with E-state index in [9.17, 15) is 29.1 Å². The average Bonchev–Trinajstić information content (AvgIpc) is 3.75. The zero-order valence-corrected chi connectivity index (χ0v) is 41.4. The zero-order valence-electron chi connectivity index (χ0n) is 41.4. The Labute approximate surface area is 407 Å². The van der Waals surface area contributed by atoms with Crippen molar-refractivity contribution in [3.63, 3.8) is 0 Å². The number of carbonyl (C=O) groups is 5. The molecule has 4 atom stereocenters. The minimum absolute atomic E-state index is 0.00452. The van der Waals surface area contributed by atoms with Gasteiger partial charge in [-0.3, -0.25) is 24.5 Å². The minimum atomic E-state index is -1.57. The predicted octanol–water partition coefficient (Wildman–Crippen LogP) is 4.29. The summed E-state index contributed by atoms with van der Waals surface area (Å²) in [6.45, 7) is 13.2. The number of aliphatic hydroxyl groups is 1. The summed E-state index contributed by atoms with van der Waals surface area (Å²) in [5, 5.41) is 25.2. The number of ether oxygens (including phenoxy) is 2. The van der Waals surface area contributed by atoms with E-state index in [1.807, 2.05) is 12.1 Å². The van der Waals surface area contributed by atoms with Gasteiger partial charge in [-0.2, -0.15) is 5.10 Å². The van der Waals surface area contributed by atoms with Gasteiger partial charge in [0.2, 0.25) is 11.8 Å². The molecule has 5 rings (SSSR count). The Kier molecular flexibility index (Phi) is 18.0. The van der Waals surface area contributed by atoms with Crippen LogP contribution in [0, 0.1) is 34.3 Å². The number of hydrogen-bond acceptors (Lipinski definition) is 12. The number of halogens is 2. The summed E-state index contributed by atoms with van der Waals surface area (Å²) in [6.07, 6.45) is -1.44. The van der Waals surface area contributed by atoms with E-state index in [2.05, 4.69) is 48.2 Å². The molecule has 3 heterocycles. The molecule has 5 N–H and O–H groups in total. The largest absolute Gasteiger partial charge is 0.453 e. The number of methoxy groups -OCH3 is 1. The van der Waals surface area contributed by atoms with Gasteiger partial charge in [0, 0.05) is 100 Å². The third-order valence-electron chi connectivity index (χ3n) is 11.6. The van der Waals surface area contributed by atoms with Crippen molar-refractivity contribution in [2.75, 3.05) is 51.8 Å². The van der Waals surface area contributed by atoms with E-state index in [4.69, 9.17) is 9.47 Å². The van der Waals surface area contributed by atoms with Crippen molar-refractivity contribution in [2.24, 2.45) is 17.9 Å². The minimum Gasteiger partial charge on any atom is -0.453 e. The van der Waals surface area contributed by atoms with E-state index in [1.165, 1.54) is 11.7 Å². The van der Waals surface area contributed by atoms with Gasteiger partial charge in [0.1, 0.15) is 23.5 Å². The molecule has 0 aliphatic carbocycles. The second-order valence-electron chi connectivity index (χ2n) is 19.2. The number of rotatable bonds is 15. The third kappa shape index (κ3) is 14.9. The molecule has 0 spiro atoms. The van der Waals surface area contributed by atoms with Crippen LogP contribution in [0.25, 0.3) is 11.3 Å². The van der Waals surface area contributed by atoms with Gasteiger partial charge in [-0.15, -0.1) is 0 Å². The first-order valence-electron chi connectivity index (χ1n) is 22.8. The van der Waals surface area contributed by atoms with Crippen LogP contribution in [0.5, 0.6) is 0 Å². The van der Waals surface area contributed by atoms with Crippen LogP contribution in [-0.4, -0.2) is 131 Å². The Morgan fingerprint density at radius 1 is 0.857 bits per heavy atom. The summed E-state index contributed by atoms with van der Waals surface area (Å²) >= 11 is 0. The highest BCUT2D eigenvalue weighted by atomic mass is 19.1. The van der Waals surface area contributed by atoms with Crippen molar-refractivity contribution in [3.05, 3.63) is 101 Å². The number of hydrogen-bond donors (Lipinski definition) is 5. The van der Waals surface area contributed by atoms with Crippen molar-refractivity contribution < 1.29 is 47.3 Å². The molecular formula is C50H64F2N10O8. The van der Waals surface area contributed by atoms with E-state index in [0.29, 0.717) is 48.6 Å². The molecule has 1 aliphatic heterocycles. The van der Waals surface area contributed by atoms with Crippen molar-refractivity contribution in [1.29, 1.82) is 0 Å². The molecule has 0 saturated carbocycles. The highest BCUT2D eigenvalue weighted by molar-refractivity contribution is 5.87. The SMILES string of the molecule is CNC(=O)O[C@H](C(=O)NN(Cc1c(F)cc(-c2ccn(C)n2)cc1F)C[C@H](O)[C@H](Cc1ccc(C#Cc2ccc(N3CCN(C(C)=O)CC3)nc2)cc1)NC(=O)[C@@H](NC(=O)OC)C(C)(C)C)C(C)(C)C. The number of nitrogens with zero attached hydrogens (tertiary/aromatic N) is 6. The summed E-state index contributed by atoms with van der Waals surface area (Å²) < 4.78 is 43.7. The van der Waals surface area contributed by atoms with E-state index in [0.717, 1.165) is 30.1 Å². The van der Waals surface area contributed by atoms with Crippen LogP contribution < -0.4 is 26.3 Å². The number of carbonyl (C=O) groups excluding carboxylic acids is 5. The summed E-state index contributed by atoms with van der Waals surface area (Å²) in [7, 11) is 4.15. The van der Waals surface area contributed by atoms with Gasteiger partial charge in [-0.1, -0.05) is 65.5 Å². The van der Waals surface area contributed by atoms with Gasteiger partial charge in [-0.25, -0.2) is 28.4 Å². The van der Waals surface area contributed by atoms with Crippen LogP contribution in [0.3, 0.4) is 0 Å². The maximum Gasteiger partial charge on any atom is 0.407 e. The van der Waals surface area contributed by atoms with E-state index < -0.39 is 89.4 Å². The van der Waals surface area contributed by atoms with Gasteiger partial charge in [-0.05, 0) is 59.9 Å².